The first kappa shape index (κ1) is 21.1. The second-order valence-corrected chi connectivity index (χ2v) is 9.63. The molecule has 4 saturated heterocycles. The fourth-order valence-electron chi connectivity index (χ4n) is 4.03. The minimum atomic E-state index is -2.01. The summed E-state index contributed by atoms with van der Waals surface area (Å²) in [5.74, 6) is 1.23. The van der Waals surface area contributed by atoms with Crippen LogP contribution < -0.4 is 0 Å². The highest BCUT2D eigenvalue weighted by molar-refractivity contribution is 7.33. The summed E-state index contributed by atoms with van der Waals surface area (Å²) in [7, 11) is -2.01. The van der Waals surface area contributed by atoms with Gasteiger partial charge >= 0.3 is 8.25 Å². The Morgan fingerprint density at radius 2 is 1.00 bits per heavy atom. The summed E-state index contributed by atoms with van der Waals surface area (Å²) in [6, 6.07) is 0. The number of hydrogen-bond acceptors (Lipinski definition) is 7. The molecule has 0 aromatic rings. The number of hydrogen-bond donors (Lipinski definition) is 0. The van der Waals surface area contributed by atoms with Crippen molar-refractivity contribution in [2.45, 2.75) is 75.8 Å². The first-order chi connectivity index (χ1) is 13.7. The average Bonchev–Trinajstić information content (AvgIpc) is 3.52. The topological polar surface area (TPSA) is 85.7 Å². The van der Waals surface area contributed by atoms with E-state index in [0.29, 0.717) is 49.5 Å². The quantitative estimate of drug-likeness (QED) is 0.191. The van der Waals surface area contributed by atoms with Gasteiger partial charge in [0.25, 0.3) is 0 Å². The second-order valence-electron chi connectivity index (χ2n) is 8.67. The third-order valence-corrected chi connectivity index (χ3v) is 6.69. The van der Waals surface area contributed by atoms with Crippen molar-refractivity contribution in [2.24, 2.45) is 11.8 Å². The van der Waals surface area contributed by atoms with Crippen LogP contribution in [0.4, 0.5) is 0 Å². The molecule has 8 heteroatoms. The Morgan fingerprint density at radius 1 is 0.679 bits per heavy atom. The van der Waals surface area contributed by atoms with Gasteiger partial charge in [0, 0.05) is 4.57 Å². The molecular weight excluding hydrogens is 383 g/mol. The number of rotatable bonds is 18. The van der Waals surface area contributed by atoms with Gasteiger partial charge in [-0.3, -0.25) is 0 Å². The van der Waals surface area contributed by atoms with Gasteiger partial charge in [-0.15, -0.1) is 9.05 Å². The van der Waals surface area contributed by atoms with E-state index >= 15 is 0 Å². The smallest absolute Gasteiger partial charge is 0.373 e. The lowest BCUT2D eigenvalue weighted by Crippen LogP contribution is -2.09. The van der Waals surface area contributed by atoms with Crippen molar-refractivity contribution >= 4 is 8.25 Å². The van der Waals surface area contributed by atoms with E-state index in [-0.39, 0.29) is 0 Å². The van der Waals surface area contributed by atoms with Crippen molar-refractivity contribution in [3.63, 3.8) is 0 Å². The second kappa shape index (κ2) is 10.8. The Labute approximate surface area is 168 Å². The van der Waals surface area contributed by atoms with Crippen LogP contribution >= 0.6 is 8.25 Å². The molecule has 4 unspecified atom stereocenters. The highest BCUT2D eigenvalue weighted by Crippen LogP contribution is 2.33. The van der Waals surface area contributed by atoms with Crippen LogP contribution in [0.15, 0.2) is 0 Å². The molecule has 0 aromatic heterocycles. The third-order valence-electron chi connectivity index (χ3n) is 5.90. The lowest BCUT2D eigenvalue weighted by Gasteiger charge is -2.13. The van der Waals surface area contributed by atoms with E-state index in [9.17, 15) is 4.57 Å². The van der Waals surface area contributed by atoms with Crippen LogP contribution in [-0.4, -0.2) is 64.1 Å². The van der Waals surface area contributed by atoms with Crippen LogP contribution in [0, 0.1) is 11.8 Å². The third kappa shape index (κ3) is 9.12. The predicted molar refractivity (Wildman–Crippen MR) is 102 cm³/mol. The summed E-state index contributed by atoms with van der Waals surface area (Å²) in [6.07, 6.45) is 10.2. The van der Waals surface area contributed by atoms with E-state index in [1.807, 2.05) is 0 Å². The molecule has 160 valence electrons. The summed E-state index contributed by atoms with van der Waals surface area (Å²) in [6.45, 7) is 4.59. The van der Waals surface area contributed by atoms with Gasteiger partial charge in [-0.2, -0.15) is 0 Å². The van der Waals surface area contributed by atoms with Gasteiger partial charge in [0.05, 0.1) is 50.8 Å². The first-order valence-electron chi connectivity index (χ1n) is 10.9. The summed E-state index contributed by atoms with van der Waals surface area (Å²) >= 11 is 0. The Balaban J connectivity index is 1.01. The van der Waals surface area contributed by atoms with Crippen molar-refractivity contribution in [1.82, 2.24) is 0 Å². The fraction of sp³-hybridized carbons (Fsp3) is 1.00. The Hall–Kier alpha value is -0.140. The summed E-state index contributed by atoms with van der Waals surface area (Å²) in [5.41, 5.74) is 0. The van der Waals surface area contributed by atoms with Gasteiger partial charge in [0.2, 0.25) is 0 Å². The van der Waals surface area contributed by atoms with Gasteiger partial charge in [-0.25, -0.2) is 0 Å². The van der Waals surface area contributed by atoms with E-state index in [0.717, 1.165) is 77.8 Å². The van der Waals surface area contributed by atoms with Crippen molar-refractivity contribution in [1.29, 1.82) is 0 Å². The van der Waals surface area contributed by atoms with Crippen LogP contribution in [0.5, 0.6) is 0 Å². The molecular formula is C20H34O7P+. The lowest BCUT2D eigenvalue weighted by molar-refractivity contribution is 0.204. The van der Waals surface area contributed by atoms with E-state index in [2.05, 4.69) is 0 Å². The molecule has 4 atom stereocenters. The molecule has 0 aliphatic carbocycles. The van der Waals surface area contributed by atoms with Gasteiger partial charge in [0.15, 0.2) is 0 Å². The number of ether oxygens (including phenoxy) is 4. The van der Waals surface area contributed by atoms with Crippen LogP contribution in [0.25, 0.3) is 0 Å². The standard InChI is InChI=1S/C20H34O7P/c21-28(26-5-1-3-15(7-17-11-22-17)8-18-12-23-18)27-6-2-4-16(9-19-13-24-19)10-20-14-25-20/h15-20H,1-14H2/q+1. The predicted octanol–water partition coefficient (Wildman–Crippen LogP) is 3.63. The zero-order chi connectivity index (χ0) is 19.2. The maximum absolute atomic E-state index is 11.9. The van der Waals surface area contributed by atoms with Gasteiger partial charge in [-0.05, 0) is 63.2 Å². The van der Waals surface area contributed by atoms with Crippen molar-refractivity contribution < 1.29 is 32.6 Å². The molecule has 0 N–H and O–H groups in total. The SMILES string of the molecule is O=[P+](OCCCC(CC1CO1)CC1CO1)OCCCC(CC1CO1)CC1CO1. The van der Waals surface area contributed by atoms with Crippen LogP contribution in [0.2, 0.25) is 0 Å². The highest BCUT2D eigenvalue weighted by atomic mass is 31.1. The molecule has 4 fully saturated rings. The van der Waals surface area contributed by atoms with E-state index < -0.39 is 8.25 Å². The molecule has 4 aliphatic heterocycles. The molecule has 0 saturated carbocycles. The first-order valence-corrected chi connectivity index (χ1v) is 12.0. The molecule has 0 bridgehead atoms. The molecule has 4 aliphatic rings. The maximum atomic E-state index is 11.9. The monoisotopic (exact) mass is 417 g/mol. The van der Waals surface area contributed by atoms with Crippen molar-refractivity contribution in [3.05, 3.63) is 0 Å². The summed E-state index contributed by atoms with van der Waals surface area (Å²) < 4.78 is 44.1. The Bertz CT molecular complexity index is 419. The van der Waals surface area contributed by atoms with Crippen molar-refractivity contribution in [3.8, 4) is 0 Å². The van der Waals surface area contributed by atoms with E-state index in [4.69, 9.17) is 28.0 Å². The van der Waals surface area contributed by atoms with E-state index in [1.54, 1.807) is 0 Å². The van der Waals surface area contributed by atoms with Crippen LogP contribution in [-0.2, 0) is 32.6 Å². The summed E-state index contributed by atoms with van der Waals surface area (Å²) in [5, 5.41) is 0. The molecule has 7 nitrogen and oxygen atoms in total. The molecule has 0 aromatic carbocycles. The minimum Gasteiger partial charge on any atom is -0.373 e. The molecule has 0 amide bonds. The minimum absolute atomic E-state index is 0.450. The Morgan fingerprint density at radius 3 is 1.29 bits per heavy atom. The van der Waals surface area contributed by atoms with Gasteiger partial charge in [0.1, 0.15) is 13.2 Å². The average molecular weight is 417 g/mol. The Kier molecular flexibility index (Phi) is 8.11. The van der Waals surface area contributed by atoms with Crippen LogP contribution in [0.3, 0.4) is 0 Å². The van der Waals surface area contributed by atoms with Crippen LogP contribution in [0.1, 0.15) is 51.4 Å². The normalized spacial score (nSPS) is 32.6. The molecule has 4 heterocycles. The highest BCUT2D eigenvalue weighted by Gasteiger charge is 2.33. The zero-order valence-electron chi connectivity index (χ0n) is 16.7. The summed E-state index contributed by atoms with van der Waals surface area (Å²) in [4.78, 5) is 0. The molecule has 0 radical (unpaired) electrons. The van der Waals surface area contributed by atoms with Gasteiger partial charge in [-0.1, -0.05) is 0 Å². The molecule has 28 heavy (non-hydrogen) atoms. The maximum Gasteiger partial charge on any atom is 0.697 e. The molecule has 4 rings (SSSR count). The lowest BCUT2D eigenvalue weighted by atomic mass is 9.93. The number of epoxide rings is 4. The van der Waals surface area contributed by atoms with E-state index in [1.165, 1.54) is 0 Å². The zero-order valence-corrected chi connectivity index (χ0v) is 17.6. The fourth-order valence-corrected chi connectivity index (χ4v) is 4.66. The molecule has 0 spiro atoms. The van der Waals surface area contributed by atoms with Crippen molar-refractivity contribution in [2.75, 3.05) is 39.6 Å². The largest absolute Gasteiger partial charge is 0.697 e. The van der Waals surface area contributed by atoms with Gasteiger partial charge < -0.3 is 18.9 Å².